The van der Waals surface area contributed by atoms with E-state index < -0.39 is 6.04 Å². The van der Waals surface area contributed by atoms with Crippen LogP contribution in [0.15, 0.2) is 0 Å². The Kier molecular flexibility index (Phi) is 5.43. The molecular formula is C10H14N2O. The van der Waals surface area contributed by atoms with Crippen LogP contribution in [0.25, 0.3) is 0 Å². The SMILES string of the molecule is C#CCC(N)C(=O)NC(C#C)CC. The molecule has 0 bridgehead atoms. The van der Waals surface area contributed by atoms with Crippen LogP contribution in [0.3, 0.4) is 0 Å². The molecule has 0 rings (SSSR count). The van der Waals surface area contributed by atoms with Crippen molar-refractivity contribution in [1.29, 1.82) is 0 Å². The molecule has 0 heterocycles. The molecule has 0 aliphatic heterocycles. The van der Waals surface area contributed by atoms with Gasteiger partial charge in [-0.25, -0.2) is 0 Å². The van der Waals surface area contributed by atoms with E-state index in [0.717, 1.165) is 0 Å². The molecule has 3 heteroatoms. The largest absolute Gasteiger partial charge is 0.341 e. The fraction of sp³-hybridized carbons (Fsp3) is 0.500. The Morgan fingerprint density at radius 3 is 2.62 bits per heavy atom. The zero-order valence-corrected chi connectivity index (χ0v) is 7.71. The van der Waals surface area contributed by atoms with Gasteiger partial charge in [0, 0.05) is 6.42 Å². The summed E-state index contributed by atoms with van der Waals surface area (Å²) in [5.41, 5.74) is 5.46. The molecule has 3 nitrogen and oxygen atoms in total. The zero-order chi connectivity index (χ0) is 10.3. The fourth-order valence-corrected chi connectivity index (χ4v) is 0.760. The number of terminal acetylenes is 2. The number of nitrogens with one attached hydrogen (secondary N) is 1. The maximum atomic E-state index is 11.2. The van der Waals surface area contributed by atoms with Gasteiger partial charge in [0.15, 0.2) is 0 Å². The Morgan fingerprint density at radius 1 is 1.62 bits per heavy atom. The summed E-state index contributed by atoms with van der Waals surface area (Å²) >= 11 is 0. The molecule has 0 radical (unpaired) electrons. The van der Waals surface area contributed by atoms with Crippen LogP contribution >= 0.6 is 0 Å². The molecule has 13 heavy (non-hydrogen) atoms. The van der Waals surface area contributed by atoms with Crippen LogP contribution in [0, 0.1) is 24.7 Å². The summed E-state index contributed by atoms with van der Waals surface area (Å²) in [6.07, 6.45) is 11.1. The second-order valence-corrected chi connectivity index (χ2v) is 2.65. The smallest absolute Gasteiger partial charge is 0.238 e. The predicted molar refractivity (Wildman–Crippen MR) is 52.5 cm³/mol. The molecule has 2 unspecified atom stereocenters. The molecule has 0 saturated carbocycles. The number of rotatable bonds is 4. The maximum Gasteiger partial charge on any atom is 0.238 e. The van der Waals surface area contributed by atoms with Gasteiger partial charge < -0.3 is 11.1 Å². The summed E-state index contributed by atoms with van der Waals surface area (Å²) in [5.74, 6) is 4.47. The minimum Gasteiger partial charge on any atom is -0.341 e. The standard InChI is InChI=1S/C10H14N2O/c1-4-7-9(11)10(13)12-8(5-2)6-3/h1-2,8-9H,6-7,11H2,3H3,(H,12,13). The van der Waals surface area contributed by atoms with Crippen LogP contribution in [-0.4, -0.2) is 18.0 Å². The second kappa shape index (κ2) is 6.11. The molecule has 2 atom stereocenters. The first-order chi connectivity index (χ1) is 6.15. The monoisotopic (exact) mass is 178 g/mol. The van der Waals surface area contributed by atoms with Crippen molar-refractivity contribution < 1.29 is 4.79 Å². The molecule has 0 aromatic heterocycles. The van der Waals surface area contributed by atoms with Gasteiger partial charge in [-0.1, -0.05) is 12.8 Å². The summed E-state index contributed by atoms with van der Waals surface area (Å²) in [4.78, 5) is 11.2. The van der Waals surface area contributed by atoms with Crippen molar-refractivity contribution in [3.05, 3.63) is 0 Å². The molecule has 0 fully saturated rings. The van der Waals surface area contributed by atoms with E-state index in [1.807, 2.05) is 6.92 Å². The maximum absolute atomic E-state index is 11.2. The highest BCUT2D eigenvalue weighted by Crippen LogP contribution is 1.91. The Balaban J connectivity index is 4.01. The second-order valence-electron chi connectivity index (χ2n) is 2.65. The van der Waals surface area contributed by atoms with Gasteiger partial charge in [-0.3, -0.25) is 4.79 Å². The quantitative estimate of drug-likeness (QED) is 0.589. The van der Waals surface area contributed by atoms with Crippen LogP contribution in [0.2, 0.25) is 0 Å². The number of hydrogen-bond donors (Lipinski definition) is 2. The summed E-state index contributed by atoms with van der Waals surface area (Å²) in [5, 5.41) is 2.61. The number of amides is 1. The van der Waals surface area contributed by atoms with Gasteiger partial charge in [-0.15, -0.1) is 18.8 Å². The molecule has 0 aliphatic carbocycles. The Morgan fingerprint density at radius 2 is 2.23 bits per heavy atom. The summed E-state index contributed by atoms with van der Waals surface area (Å²) in [6, 6.07) is -0.913. The molecule has 0 aromatic carbocycles. The first-order valence-corrected chi connectivity index (χ1v) is 4.11. The Hall–Kier alpha value is -1.45. The molecule has 0 aromatic rings. The average Bonchev–Trinajstić information content (AvgIpc) is 2.14. The van der Waals surface area contributed by atoms with Crippen molar-refractivity contribution in [2.24, 2.45) is 5.73 Å². The van der Waals surface area contributed by atoms with Gasteiger partial charge in [-0.2, -0.15) is 0 Å². The summed E-state index contributed by atoms with van der Waals surface area (Å²) < 4.78 is 0. The van der Waals surface area contributed by atoms with E-state index in [1.54, 1.807) is 0 Å². The van der Waals surface area contributed by atoms with Gasteiger partial charge in [0.2, 0.25) is 5.91 Å². The highest BCUT2D eigenvalue weighted by atomic mass is 16.2. The van der Waals surface area contributed by atoms with E-state index in [1.165, 1.54) is 0 Å². The Bertz CT molecular complexity index is 247. The highest BCUT2D eigenvalue weighted by Gasteiger charge is 2.14. The van der Waals surface area contributed by atoms with Crippen molar-refractivity contribution in [2.75, 3.05) is 0 Å². The van der Waals surface area contributed by atoms with Crippen LogP contribution in [0.1, 0.15) is 19.8 Å². The molecule has 0 saturated heterocycles. The fourth-order valence-electron chi connectivity index (χ4n) is 0.760. The van der Waals surface area contributed by atoms with E-state index in [9.17, 15) is 4.79 Å². The van der Waals surface area contributed by atoms with Crippen LogP contribution in [0.5, 0.6) is 0 Å². The number of nitrogens with two attached hydrogens (primary N) is 1. The minimum atomic E-state index is -0.660. The zero-order valence-electron chi connectivity index (χ0n) is 7.71. The van der Waals surface area contributed by atoms with Gasteiger partial charge in [0.05, 0.1) is 12.1 Å². The lowest BCUT2D eigenvalue weighted by Gasteiger charge is -2.13. The van der Waals surface area contributed by atoms with Crippen molar-refractivity contribution in [1.82, 2.24) is 5.32 Å². The normalized spacial score (nSPS) is 13.5. The van der Waals surface area contributed by atoms with E-state index in [0.29, 0.717) is 6.42 Å². The Labute approximate surface area is 79.1 Å². The first-order valence-electron chi connectivity index (χ1n) is 4.11. The first kappa shape index (κ1) is 11.6. The third-order valence-corrected chi connectivity index (χ3v) is 1.60. The van der Waals surface area contributed by atoms with Crippen molar-refractivity contribution >= 4 is 5.91 Å². The summed E-state index contributed by atoms with van der Waals surface area (Å²) in [7, 11) is 0. The molecular weight excluding hydrogens is 164 g/mol. The molecule has 1 amide bonds. The molecule has 0 aliphatic rings. The van der Waals surface area contributed by atoms with E-state index in [4.69, 9.17) is 18.6 Å². The molecule has 3 N–H and O–H groups in total. The van der Waals surface area contributed by atoms with Crippen LogP contribution in [0.4, 0.5) is 0 Å². The van der Waals surface area contributed by atoms with E-state index in [-0.39, 0.29) is 18.4 Å². The molecule has 70 valence electrons. The lowest BCUT2D eigenvalue weighted by Crippen LogP contribution is -2.44. The molecule has 0 spiro atoms. The lowest BCUT2D eigenvalue weighted by atomic mass is 10.2. The van der Waals surface area contributed by atoms with Gasteiger partial charge in [0.1, 0.15) is 0 Å². The van der Waals surface area contributed by atoms with Crippen molar-refractivity contribution in [2.45, 2.75) is 31.8 Å². The lowest BCUT2D eigenvalue weighted by molar-refractivity contribution is -0.122. The van der Waals surface area contributed by atoms with Gasteiger partial charge >= 0.3 is 0 Å². The summed E-state index contributed by atoms with van der Waals surface area (Å²) in [6.45, 7) is 1.89. The average molecular weight is 178 g/mol. The van der Waals surface area contributed by atoms with Crippen molar-refractivity contribution in [3.63, 3.8) is 0 Å². The third-order valence-electron chi connectivity index (χ3n) is 1.60. The number of carbonyl (C=O) groups is 1. The highest BCUT2D eigenvalue weighted by molar-refractivity contribution is 5.82. The number of hydrogen-bond acceptors (Lipinski definition) is 2. The predicted octanol–water partition coefficient (Wildman–Crippen LogP) is -0.135. The van der Waals surface area contributed by atoms with E-state index >= 15 is 0 Å². The topological polar surface area (TPSA) is 55.1 Å². The van der Waals surface area contributed by atoms with E-state index in [2.05, 4.69) is 17.2 Å². The van der Waals surface area contributed by atoms with Gasteiger partial charge in [-0.05, 0) is 6.42 Å². The third kappa shape index (κ3) is 4.20. The van der Waals surface area contributed by atoms with Crippen LogP contribution < -0.4 is 11.1 Å². The van der Waals surface area contributed by atoms with Crippen molar-refractivity contribution in [3.8, 4) is 24.7 Å². The van der Waals surface area contributed by atoms with Gasteiger partial charge in [0.25, 0.3) is 0 Å². The van der Waals surface area contributed by atoms with Crippen LogP contribution in [-0.2, 0) is 4.79 Å². The minimum absolute atomic E-state index is 0.229. The number of carbonyl (C=O) groups excluding carboxylic acids is 1.